The number of hydrogen-bond acceptors (Lipinski definition) is 4. The standard InChI is InChI=1S/C26H34N2O4S/c1-19(2)18-33(31,32)23-15-13-22(14-16-23)27-26(30)24(17-20-9-5-3-6-10-20)28-25(29)21-11-7-4-8-12-21/h3,5-6,9-10,13-16,19,21,24H,4,7-8,11-12,17-18H2,1-2H3,(H,27,30)(H,28,29)/t24-/m0/s1. The highest BCUT2D eigenvalue weighted by atomic mass is 32.2. The van der Waals surface area contributed by atoms with Gasteiger partial charge in [-0.15, -0.1) is 0 Å². The molecule has 33 heavy (non-hydrogen) atoms. The van der Waals surface area contributed by atoms with Crippen molar-refractivity contribution in [3.8, 4) is 0 Å². The molecule has 0 spiro atoms. The molecule has 0 saturated heterocycles. The van der Waals surface area contributed by atoms with E-state index in [2.05, 4.69) is 10.6 Å². The summed E-state index contributed by atoms with van der Waals surface area (Å²) in [6.45, 7) is 3.72. The van der Waals surface area contributed by atoms with Gasteiger partial charge in [0.05, 0.1) is 10.6 Å². The number of nitrogens with one attached hydrogen (secondary N) is 2. The van der Waals surface area contributed by atoms with Gasteiger partial charge in [-0.05, 0) is 48.6 Å². The van der Waals surface area contributed by atoms with E-state index in [9.17, 15) is 18.0 Å². The molecule has 1 saturated carbocycles. The van der Waals surface area contributed by atoms with Crippen LogP contribution < -0.4 is 10.6 Å². The fourth-order valence-corrected chi connectivity index (χ4v) is 5.84. The van der Waals surface area contributed by atoms with Crippen LogP contribution in [0.25, 0.3) is 0 Å². The van der Waals surface area contributed by atoms with Crippen LogP contribution in [-0.2, 0) is 25.8 Å². The molecule has 0 aromatic heterocycles. The van der Waals surface area contributed by atoms with Gasteiger partial charge in [-0.3, -0.25) is 9.59 Å². The molecule has 0 radical (unpaired) electrons. The van der Waals surface area contributed by atoms with E-state index in [0.717, 1.165) is 37.7 Å². The van der Waals surface area contributed by atoms with Gasteiger partial charge in [-0.2, -0.15) is 0 Å². The van der Waals surface area contributed by atoms with Crippen molar-refractivity contribution in [2.75, 3.05) is 11.1 Å². The van der Waals surface area contributed by atoms with Gasteiger partial charge in [-0.25, -0.2) is 8.42 Å². The molecular weight excluding hydrogens is 436 g/mol. The predicted molar refractivity (Wildman–Crippen MR) is 131 cm³/mol. The molecule has 3 rings (SSSR count). The van der Waals surface area contributed by atoms with E-state index in [-0.39, 0.29) is 34.3 Å². The maximum atomic E-state index is 13.1. The van der Waals surface area contributed by atoms with Gasteiger partial charge < -0.3 is 10.6 Å². The molecule has 0 unspecified atom stereocenters. The van der Waals surface area contributed by atoms with Crippen LogP contribution in [0.2, 0.25) is 0 Å². The van der Waals surface area contributed by atoms with Crippen molar-refractivity contribution < 1.29 is 18.0 Å². The maximum absolute atomic E-state index is 13.1. The van der Waals surface area contributed by atoms with Crippen LogP contribution >= 0.6 is 0 Å². The minimum atomic E-state index is -3.36. The Morgan fingerprint density at radius 1 is 0.939 bits per heavy atom. The monoisotopic (exact) mass is 470 g/mol. The lowest BCUT2D eigenvalue weighted by Crippen LogP contribution is -2.47. The highest BCUT2D eigenvalue weighted by molar-refractivity contribution is 7.91. The molecule has 0 aliphatic heterocycles. The van der Waals surface area contributed by atoms with Crippen molar-refractivity contribution in [3.63, 3.8) is 0 Å². The van der Waals surface area contributed by atoms with E-state index in [4.69, 9.17) is 0 Å². The van der Waals surface area contributed by atoms with E-state index >= 15 is 0 Å². The third-order valence-corrected chi connectivity index (χ3v) is 8.02. The molecule has 0 bridgehead atoms. The van der Waals surface area contributed by atoms with Crippen LogP contribution in [0.1, 0.15) is 51.5 Å². The summed E-state index contributed by atoms with van der Waals surface area (Å²) in [6, 6.07) is 15.1. The van der Waals surface area contributed by atoms with Crippen LogP contribution in [0.15, 0.2) is 59.5 Å². The van der Waals surface area contributed by atoms with Gasteiger partial charge >= 0.3 is 0 Å². The number of rotatable bonds is 9. The zero-order valence-electron chi connectivity index (χ0n) is 19.4. The second-order valence-electron chi connectivity index (χ2n) is 9.27. The number of carbonyl (C=O) groups is 2. The zero-order chi connectivity index (χ0) is 23.8. The summed E-state index contributed by atoms with van der Waals surface area (Å²) in [5.74, 6) is -0.330. The van der Waals surface area contributed by atoms with Crippen molar-refractivity contribution in [1.29, 1.82) is 0 Å². The highest BCUT2D eigenvalue weighted by Crippen LogP contribution is 2.24. The maximum Gasteiger partial charge on any atom is 0.247 e. The summed E-state index contributed by atoms with van der Waals surface area (Å²) >= 11 is 0. The molecule has 1 fully saturated rings. The van der Waals surface area contributed by atoms with Crippen molar-refractivity contribution in [1.82, 2.24) is 5.32 Å². The van der Waals surface area contributed by atoms with Crippen LogP contribution in [0.3, 0.4) is 0 Å². The third-order valence-electron chi connectivity index (χ3n) is 5.93. The number of benzene rings is 2. The van der Waals surface area contributed by atoms with Crippen molar-refractivity contribution in [2.45, 2.75) is 63.3 Å². The Balaban J connectivity index is 1.71. The second-order valence-corrected chi connectivity index (χ2v) is 11.3. The fraction of sp³-hybridized carbons (Fsp3) is 0.462. The molecule has 178 valence electrons. The largest absolute Gasteiger partial charge is 0.344 e. The molecule has 2 N–H and O–H groups in total. The van der Waals surface area contributed by atoms with Crippen LogP contribution in [0.5, 0.6) is 0 Å². The summed E-state index contributed by atoms with van der Waals surface area (Å²) in [5.41, 5.74) is 1.45. The molecule has 2 amide bonds. The summed E-state index contributed by atoms with van der Waals surface area (Å²) in [7, 11) is -3.36. The van der Waals surface area contributed by atoms with Gasteiger partial charge in [0.25, 0.3) is 0 Å². The van der Waals surface area contributed by atoms with E-state index in [0.29, 0.717) is 12.1 Å². The molecule has 2 aromatic carbocycles. The smallest absolute Gasteiger partial charge is 0.247 e. The van der Waals surface area contributed by atoms with Gasteiger partial charge in [0, 0.05) is 18.0 Å². The molecule has 1 aliphatic rings. The molecule has 7 heteroatoms. The summed E-state index contributed by atoms with van der Waals surface area (Å²) in [5, 5.41) is 5.81. The van der Waals surface area contributed by atoms with Gasteiger partial charge in [0.15, 0.2) is 9.84 Å². The Kier molecular flexibility index (Phi) is 8.67. The molecule has 1 aliphatic carbocycles. The van der Waals surface area contributed by atoms with E-state index < -0.39 is 15.9 Å². The summed E-state index contributed by atoms with van der Waals surface area (Å²) in [6.07, 6.45) is 5.33. The van der Waals surface area contributed by atoms with Crippen molar-refractivity contribution >= 4 is 27.3 Å². The normalized spacial score (nSPS) is 15.7. The Morgan fingerprint density at radius 2 is 1.58 bits per heavy atom. The van der Waals surface area contributed by atoms with Gasteiger partial charge in [0.1, 0.15) is 6.04 Å². The topological polar surface area (TPSA) is 92.3 Å². The van der Waals surface area contributed by atoms with Crippen LogP contribution in [-0.4, -0.2) is 32.0 Å². The van der Waals surface area contributed by atoms with E-state index in [1.165, 1.54) is 12.1 Å². The first-order valence-corrected chi connectivity index (χ1v) is 13.4. The number of amides is 2. The Labute approximate surface area is 197 Å². The number of hydrogen-bond donors (Lipinski definition) is 2. The molecule has 1 atom stereocenters. The van der Waals surface area contributed by atoms with Gasteiger partial charge in [-0.1, -0.05) is 63.4 Å². The molecule has 6 nitrogen and oxygen atoms in total. The lowest BCUT2D eigenvalue weighted by molar-refractivity contribution is -0.130. The third kappa shape index (κ3) is 7.42. The highest BCUT2D eigenvalue weighted by Gasteiger charge is 2.27. The SMILES string of the molecule is CC(C)CS(=O)(=O)c1ccc(NC(=O)[C@H](Cc2ccccc2)NC(=O)C2CCCCC2)cc1. The Morgan fingerprint density at radius 3 is 2.18 bits per heavy atom. The minimum Gasteiger partial charge on any atom is -0.344 e. The number of sulfone groups is 1. The summed E-state index contributed by atoms with van der Waals surface area (Å²) in [4.78, 5) is 26.2. The van der Waals surface area contributed by atoms with E-state index in [1.54, 1.807) is 12.1 Å². The first kappa shape index (κ1) is 25.0. The molecule has 0 heterocycles. The number of anilines is 1. The first-order valence-electron chi connectivity index (χ1n) is 11.7. The lowest BCUT2D eigenvalue weighted by Gasteiger charge is -2.25. The molecular formula is C26H34N2O4S. The van der Waals surface area contributed by atoms with Crippen molar-refractivity contribution in [2.24, 2.45) is 11.8 Å². The van der Waals surface area contributed by atoms with Crippen LogP contribution in [0, 0.1) is 11.8 Å². The minimum absolute atomic E-state index is 0.0286. The average molecular weight is 471 g/mol. The second kappa shape index (κ2) is 11.5. The molecule has 2 aromatic rings. The van der Waals surface area contributed by atoms with E-state index in [1.807, 2.05) is 44.2 Å². The lowest BCUT2D eigenvalue weighted by atomic mass is 9.88. The zero-order valence-corrected chi connectivity index (χ0v) is 20.2. The fourth-order valence-electron chi connectivity index (χ4n) is 4.22. The van der Waals surface area contributed by atoms with Crippen LogP contribution in [0.4, 0.5) is 5.69 Å². The van der Waals surface area contributed by atoms with Gasteiger partial charge in [0.2, 0.25) is 11.8 Å². The summed E-state index contributed by atoms with van der Waals surface area (Å²) < 4.78 is 24.8. The van der Waals surface area contributed by atoms with Crippen molar-refractivity contribution in [3.05, 3.63) is 60.2 Å². The quantitative estimate of drug-likeness (QED) is 0.569. The Hall–Kier alpha value is -2.67. The number of carbonyl (C=O) groups excluding carboxylic acids is 2. The Bertz CT molecular complexity index is 1030. The predicted octanol–water partition coefficient (Wildman–Crippen LogP) is 4.36. The average Bonchev–Trinajstić information content (AvgIpc) is 2.79. The first-order chi connectivity index (χ1) is 15.7.